The molecule has 2 N–H and O–H groups in total. The fraction of sp³-hybridized carbons (Fsp3) is 0.409. The maximum atomic E-state index is 12.8. The topological polar surface area (TPSA) is 77.2 Å². The summed E-state index contributed by atoms with van der Waals surface area (Å²) >= 11 is 0. The summed E-state index contributed by atoms with van der Waals surface area (Å²) in [4.78, 5) is 29.3. The number of fused-ring (bicyclic) bond motifs is 1. The number of nitrogens with zero attached hydrogens (tertiary/aromatic N) is 4. The molecule has 1 aliphatic heterocycles. The van der Waals surface area contributed by atoms with Crippen molar-refractivity contribution in [2.75, 3.05) is 44.2 Å². The average Bonchev–Trinajstić information content (AvgIpc) is 3.10. The van der Waals surface area contributed by atoms with Gasteiger partial charge >= 0.3 is 0 Å². The number of aryl methyl sites for hydroxylation is 3. The molecule has 0 bridgehead atoms. The maximum absolute atomic E-state index is 12.8. The number of H-pyrrole nitrogens is 1. The fourth-order valence-electron chi connectivity index (χ4n) is 4.07. The summed E-state index contributed by atoms with van der Waals surface area (Å²) in [7, 11) is 0. The summed E-state index contributed by atoms with van der Waals surface area (Å²) in [6.45, 7) is 11.3. The van der Waals surface area contributed by atoms with Crippen LogP contribution in [0.1, 0.15) is 27.2 Å². The predicted molar refractivity (Wildman–Crippen MR) is 116 cm³/mol. The van der Waals surface area contributed by atoms with E-state index >= 15 is 0 Å². The van der Waals surface area contributed by atoms with E-state index in [9.17, 15) is 4.79 Å². The van der Waals surface area contributed by atoms with Gasteiger partial charge in [0.15, 0.2) is 0 Å². The van der Waals surface area contributed by atoms with E-state index in [4.69, 9.17) is 0 Å². The van der Waals surface area contributed by atoms with Gasteiger partial charge in [-0.2, -0.15) is 0 Å². The van der Waals surface area contributed by atoms with Crippen molar-refractivity contribution < 1.29 is 4.79 Å². The number of benzene rings is 1. The zero-order valence-corrected chi connectivity index (χ0v) is 17.3. The highest BCUT2D eigenvalue weighted by Crippen LogP contribution is 2.27. The smallest absolute Gasteiger partial charge is 0.268 e. The van der Waals surface area contributed by atoms with Crippen molar-refractivity contribution >= 4 is 22.8 Å². The van der Waals surface area contributed by atoms with Gasteiger partial charge in [-0.05, 0) is 43.5 Å². The predicted octanol–water partition coefficient (Wildman–Crippen LogP) is 2.44. The average molecular weight is 393 g/mol. The summed E-state index contributed by atoms with van der Waals surface area (Å²) in [6, 6.07) is 6.04. The molecule has 2 aromatic heterocycles. The highest BCUT2D eigenvalue weighted by atomic mass is 16.1. The second-order valence-corrected chi connectivity index (χ2v) is 7.71. The van der Waals surface area contributed by atoms with Gasteiger partial charge < -0.3 is 15.2 Å². The molecule has 1 amide bonds. The number of carbonyl (C=O) groups is 1. The number of hydrogen-bond donors (Lipinski definition) is 2. The molecule has 3 aromatic rings. The van der Waals surface area contributed by atoms with E-state index in [0.717, 1.165) is 60.7 Å². The lowest BCUT2D eigenvalue weighted by atomic mass is 10.0. The lowest BCUT2D eigenvalue weighted by molar-refractivity contribution is 0.0943. The zero-order valence-electron chi connectivity index (χ0n) is 17.3. The van der Waals surface area contributed by atoms with Gasteiger partial charge in [-0.3, -0.25) is 9.69 Å². The monoisotopic (exact) mass is 392 g/mol. The van der Waals surface area contributed by atoms with Gasteiger partial charge in [0.25, 0.3) is 5.91 Å². The Labute approximate surface area is 171 Å². The molecule has 0 atom stereocenters. The van der Waals surface area contributed by atoms with Crippen molar-refractivity contribution in [2.24, 2.45) is 0 Å². The molecule has 3 heterocycles. The number of rotatable bonds is 5. The Hall–Kier alpha value is -2.93. The number of carbonyl (C=O) groups excluding carboxylic acids is 1. The van der Waals surface area contributed by atoms with E-state index in [-0.39, 0.29) is 5.91 Å². The first kappa shape index (κ1) is 19.4. The molecule has 0 aliphatic carbocycles. The molecule has 1 saturated heterocycles. The molecular weight excluding hydrogens is 364 g/mol. The summed E-state index contributed by atoms with van der Waals surface area (Å²) < 4.78 is 0. The Kier molecular flexibility index (Phi) is 5.49. The molecule has 152 valence electrons. The van der Waals surface area contributed by atoms with E-state index in [1.165, 1.54) is 5.56 Å². The van der Waals surface area contributed by atoms with Crippen LogP contribution in [0.15, 0.2) is 30.6 Å². The molecule has 7 nitrogen and oxygen atoms in total. The van der Waals surface area contributed by atoms with Crippen LogP contribution in [0.4, 0.5) is 5.95 Å². The number of piperazine rings is 1. The second-order valence-electron chi connectivity index (χ2n) is 7.71. The van der Waals surface area contributed by atoms with Crippen molar-refractivity contribution in [1.82, 2.24) is 25.2 Å². The number of aromatic nitrogens is 3. The minimum Gasteiger partial charge on any atom is -0.350 e. The largest absolute Gasteiger partial charge is 0.350 e. The molecule has 0 saturated carbocycles. The quantitative estimate of drug-likeness (QED) is 0.697. The van der Waals surface area contributed by atoms with Crippen LogP contribution < -0.4 is 10.2 Å². The first-order chi connectivity index (χ1) is 14.0. The van der Waals surface area contributed by atoms with Crippen LogP contribution in [-0.2, 0) is 0 Å². The van der Waals surface area contributed by atoms with E-state index in [2.05, 4.69) is 56.0 Å². The lowest BCUT2D eigenvalue weighted by Gasteiger charge is -2.34. The van der Waals surface area contributed by atoms with Crippen LogP contribution in [0.5, 0.6) is 0 Å². The summed E-state index contributed by atoms with van der Waals surface area (Å²) in [5.74, 6) is 0.758. The summed E-state index contributed by atoms with van der Waals surface area (Å²) in [5.41, 5.74) is 5.11. The number of aromatic amines is 1. The van der Waals surface area contributed by atoms with Crippen molar-refractivity contribution in [1.29, 1.82) is 0 Å². The van der Waals surface area contributed by atoms with Crippen molar-refractivity contribution in [3.8, 4) is 0 Å². The summed E-state index contributed by atoms with van der Waals surface area (Å²) in [5, 5.41) is 4.24. The highest BCUT2D eigenvalue weighted by Gasteiger charge is 2.20. The molecular formula is C22H28N6O. The van der Waals surface area contributed by atoms with Crippen LogP contribution in [0.2, 0.25) is 0 Å². The number of hydrogen-bond acceptors (Lipinski definition) is 5. The van der Waals surface area contributed by atoms with E-state index in [1.807, 2.05) is 13.0 Å². The van der Waals surface area contributed by atoms with Crippen LogP contribution in [0.25, 0.3) is 10.9 Å². The summed E-state index contributed by atoms with van der Waals surface area (Å²) in [6.07, 6.45) is 3.55. The van der Waals surface area contributed by atoms with Gasteiger partial charge in [-0.25, -0.2) is 9.97 Å². The fourth-order valence-corrected chi connectivity index (χ4v) is 4.07. The molecule has 0 radical (unpaired) electrons. The Bertz CT molecular complexity index is 1010. The molecule has 0 spiro atoms. The van der Waals surface area contributed by atoms with Gasteiger partial charge in [-0.15, -0.1) is 0 Å². The molecule has 1 aromatic carbocycles. The van der Waals surface area contributed by atoms with Crippen molar-refractivity contribution in [2.45, 2.75) is 20.8 Å². The Morgan fingerprint density at radius 3 is 2.45 bits per heavy atom. The standard InChI is InChI=1S/C22H28N6O/c1-15-5-6-16(2)19-18(15)17(3)20(26-19)21(29)23-9-10-27-11-13-28(14-12-27)22-24-7-4-8-25-22/h4-8,26H,9-14H2,1-3H3,(H,23,29). The van der Waals surface area contributed by atoms with Crippen molar-refractivity contribution in [3.05, 3.63) is 53.0 Å². The second kappa shape index (κ2) is 8.21. The highest BCUT2D eigenvalue weighted by molar-refractivity contribution is 6.02. The van der Waals surface area contributed by atoms with E-state index in [0.29, 0.717) is 12.2 Å². The Morgan fingerprint density at radius 2 is 1.76 bits per heavy atom. The Balaban J connectivity index is 1.31. The molecule has 0 unspecified atom stereocenters. The number of nitrogens with one attached hydrogen (secondary N) is 2. The molecule has 7 heteroatoms. The normalized spacial score (nSPS) is 15.1. The van der Waals surface area contributed by atoms with Crippen LogP contribution in [0.3, 0.4) is 0 Å². The first-order valence-electron chi connectivity index (χ1n) is 10.2. The van der Waals surface area contributed by atoms with Crippen LogP contribution in [-0.4, -0.2) is 65.0 Å². The van der Waals surface area contributed by atoms with Gasteiger partial charge in [0.2, 0.25) is 5.95 Å². The van der Waals surface area contributed by atoms with Crippen LogP contribution in [0, 0.1) is 20.8 Å². The first-order valence-corrected chi connectivity index (χ1v) is 10.2. The van der Waals surface area contributed by atoms with E-state index in [1.54, 1.807) is 12.4 Å². The van der Waals surface area contributed by atoms with Crippen LogP contribution >= 0.6 is 0 Å². The molecule has 29 heavy (non-hydrogen) atoms. The zero-order chi connectivity index (χ0) is 20.4. The molecule has 1 fully saturated rings. The van der Waals surface area contributed by atoms with E-state index < -0.39 is 0 Å². The maximum Gasteiger partial charge on any atom is 0.268 e. The van der Waals surface area contributed by atoms with Gasteiger partial charge in [0, 0.05) is 62.6 Å². The van der Waals surface area contributed by atoms with Gasteiger partial charge in [0.05, 0.1) is 0 Å². The minimum absolute atomic E-state index is 0.0335. The minimum atomic E-state index is -0.0335. The lowest BCUT2D eigenvalue weighted by Crippen LogP contribution is -2.49. The molecule has 4 rings (SSSR count). The Morgan fingerprint density at radius 1 is 1.07 bits per heavy atom. The van der Waals surface area contributed by atoms with Gasteiger partial charge in [-0.1, -0.05) is 12.1 Å². The SMILES string of the molecule is Cc1ccc(C)c2c(C)c(C(=O)NCCN3CCN(c4ncccn4)CC3)[nH]c12. The third-order valence-corrected chi connectivity index (χ3v) is 5.77. The third kappa shape index (κ3) is 3.96. The third-order valence-electron chi connectivity index (χ3n) is 5.77. The number of anilines is 1. The van der Waals surface area contributed by atoms with Gasteiger partial charge in [0.1, 0.15) is 5.69 Å². The molecule has 1 aliphatic rings. The van der Waals surface area contributed by atoms with Crippen molar-refractivity contribution in [3.63, 3.8) is 0 Å². The number of amides is 1.